The monoisotopic (exact) mass is 344 g/mol. The summed E-state index contributed by atoms with van der Waals surface area (Å²) in [5.41, 5.74) is 2.86. The van der Waals surface area contributed by atoms with Crippen molar-refractivity contribution in [2.45, 2.75) is 51.0 Å². The lowest BCUT2D eigenvalue weighted by Gasteiger charge is -2.43. The lowest BCUT2D eigenvalue weighted by Crippen LogP contribution is -2.50. The van der Waals surface area contributed by atoms with Gasteiger partial charge in [-0.05, 0) is 51.6 Å². The summed E-state index contributed by atoms with van der Waals surface area (Å²) in [4.78, 5) is 17.2. The fraction of sp³-hybridized carbons (Fsp3) is 0.667. The van der Waals surface area contributed by atoms with Crippen molar-refractivity contribution in [3.05, 3.63) is 35.4 Å². The molecule has 0 aromatic heterocycles. The number of hydrogen-bond donors (Lipinski definition) is 0. The van der Waals surface area contributed by atoms with Crippen molar-refractivity contribution in [1.82, 2.24) is 9.80 Å². The predicted octanol–water partition coefficient (Wildman–Crippen LogP) is 3.03. The maximum Gasteiger partial charge on any atom is 0.222 e. The van der Waals surface area contributed by atoms with Crippen LogP contribution >= 0.6 is 0 Å². The molecule has 0 atom stereocenters. The maximum atomic E-state index is 12.7. The largest absolute Gasteiger partial charge is 0.381 e. The third-order valence-electron chi connectivity index (χ3n) is 6.12. The van der Waals surface area contributed by atoms with Crippen LogP contribution in [-0.4, -0.2) is 61.1 Å². The van der Waals surface area contributed by atoms with Crippen LogP contribution in [0.15, 0.2) is 24.3 Å². The van der Waals surface area contributed by atoms with Gasteiger partial charge in [0.05, 0.1) is 0 Å². The van der Waals surface area contributed by atoms with Crippen LogP contribution in [0, 0.1) is 6.92 Å². The van der Waals surface area contributed by atoms with Crippen LogP contribution in [0.2, 0.25) is 0 Å². The average Bonchev–Trinajstić information content (AvgIpc) is 2.78. The average molecular weight is 344 g/mol. The number of nitrogens with zero attached hydrogens (tertiary/aromatic N) is 2. The van der Waals surface area contributed by atoms with Crippen LogP contribution in [0.1, 0.15) is 43.2 Å². The van der Waals surface area contributed by atoms with E-state index in [2.05, 4.69) is 48.0 Å². The van der Waals surface area contributed by atoms with E-state index >= 15 is 0 Å². The van der Waals surface area contributed by atoms with Crippen LogP contribution in [0.5, 0.6) is 0 Å². The Hall–Kier alpha value is -1.39. The summed E-state index contributed by atoms with van der Waals surface area (Å²) in [6.45, 7) is 6.55. The van der Waals surface area contributed by atoms with Gasteiger partial charge in [-0.15, -0.1) is 0 Å². The van der Waals surface area contributed by atoms with Crippen LogP contribution < -0.4 is 0 Å². The molecular weight excluding hydrogens is 312 g/mol. The Kier molecular flexibility index (Phi) is 6.13. The first-order valence-electron chi connectivity index (χ1n) is 9.71. The Morgan fingerprint density at radius 1 is 1.08 bits per heavy atom. The van der Waals surface area contributed by atoms with Crippen LogP contribution in [0.25, 0.3) is 0 Å². The van der Waals surface area contributed by atoms with E-state index < -0.39 is 0 Å². The minimum Gasteiger partial charge on any atom is -0.381 e. The Balaban J connectivity index is 1.48. The van der Waals surface area contributed by atoms with Gasteiger partial charge < -0.3 is 9.64 Å². The molecule has 2 heterocycles. The highest BCUT2D eigenvalue weighted by molar-refractivity contribution is 5.76. The van der Waals surface area contributed by atoms with E-state index in [1.165, 1.54) is 11.1 Å². The van der Waals surface area contributed by atoms with E-state index in [0.29, 0.717) is 12.3 Å². The minimum atomic E-state index is 0.245. The number of carbonyl (C=O) groups excluding carboxylic acids is 1. The van der Waals surface area contributed by atoms with Crippen LogP contribution in [0.3, 0.4) is 0 Å². The molecular formula is C21H32N2O2. The summed E-state index contributed by atoms with van der Waals surface area (Å²) >= 11 is 0. The number of ether oxygens (including phenoxy) is 1. The summed E-state index contributed by atoms with van der Waals surface area (Å²) in [6, 6.07) is 8.65. The molecule has 0 radical (unpaired) electrons. The second-order valence-corrected chi connectivity index (χ2v) is 7.73. The highest BCUT2D eigenvalue weighted by Crippen LogP contribution is 2.32. The van der Waals surface area contributed by atoms with E-state index in [0.717, 1.165) is 65.0 Å². The molecule has 0 N–H and O–H groups in total. The molecule has 1 aromatic carbocycles. The standard InChI is InChI=1S/C21H32N2O2/c1-18-6-8-19(9-7-18)4-3-5-20(24)23-13-10-21(22(2)14-15-23)11-16-25-17-12-21/h6-9H,3-5,10-17H2,1-2H3. The van der Waals surface area contributed by atoms with Gasteiger partial charge in [-0.2, -0.15) is 0 Å². The molecule has 2 saturated heterocycles. The van der Waals surface area contributed by atoms with Gasteiger partial charge in [-0.3, -0.25) is 9.69 Å². The molecule has 4 nitrogen and oxygen atoms in total. The van der Waals surface area contributed by atoms with E-state index in [4.69, 9.17) is 4.74 Å². The molecule has 2 fully saturated rings. The van der Waals surface area contributed by atoms with Gasteiger partial charge >= 0.3 is 0 Å². The Morgan fingerprint density at radius 2 is 1.80 bits per heavy atom. The van der Waals surface area contributed by atoms with Gasteiger partial charge in [-0.1, -0.05) is 29.8 Å². The molecule has 25 heavy (non-hydrogen) atoms. The zero-order valence-electron chi connectivity index (χ0n) is 15.8. The van der Waals surface area contributed by atoms with Crippen molar-refractivity contribution in [3.63, 3.8) is 0 Å². The Morgan fingerprint density at radius 3 is 2.52 bits per heavy atom. The maximum absolute atomic E-state index is 12.7. The molecule has 1 spiro atoms. The van der Waals surface area contributed by atoms with Gasteiger partial charge in [0, 0.05) is 44.8 Å². The summed E-state index contributed by atoms with van der Waals surface area (Å²) in [6.07, 6.45) is 5.86. The lowest BCUT2D eigenvalue weighted by atomic mass is 9.85. The minimum absolute atomic E-state index is 0.245. The quantitative estimate of drug-likeness (QED) is 0.842. The third kappa shape index (κ3) is 4.62. The van der Waals surface area contributed by atoms with Crippen molar-refractivity contribution in [3.8, 4) is 0 Å². The Bertz CT molecular complexity index is 564. The van der Waals surface area contributed by atoms with Gasteiger partial charge in [0.15, 0.2) is 0 Å². The van der Waals surface area contributed by atoms with E-state index in [1.807, 2.05) is 0 Å². The first kappa shape index (κ1) is 18.4. The molecule has 3 rings (SSSR count). The summed E-state index contributed by atoms with van der Waals surface area (Å²) < 4.78 is 5.56. The van der Waals surface area contributed by atoms with E-state index in [9.17, 15) is 4.79 Å². The number of hydrogen-bond acceptors (Lipinski definition) is 3. The second kappa shape index (κ2) is 8.33. The molecule has 0 bridgehead atoms. The number of likely N-dealkylation sites (N-methyl/N-ethyl adjacent to an activating group) is 1. The summed E-state index contributed by atoms with van der Waals surface area (Å²) in [5.74, 6) is 0.324. The molecule has 2 aliphatic heterocycles. The Labute approximate surface area is 152 Å². The van der Waals surface area contributed by atoms with Crippen molar-refractivity contribution in [1.29, 1.82) is 0 Å². The summed E-state index contributed by atoms with van der Waals surface area (Å²) in [5, 5.41) is 0. The van der Waals surface area contributed by atoms with Gasteiger partial charge in [0.2, 0.25) is 5.91 Å². The molecule has 0 aliphatic carbocycles. The number of aryl methyl sites for hydroxylation is 2. The smallest absolute Gasteiger partial charge is 0.222 e. The van der Waals surface area contributed by atoms with Crippen LogP contribution in [0.4, 0.5) is 0 Å². The zero-order valence-corrected chi connectivity index (χ0v) is 15.8. The second-order valence-electron chi connectivity index (χ2n) is 7.73. The van der Waals surface area contributed by atoms with Gasteiger partial charge in [-0.25, -0.2) is 0 Å². The number of benzene rings is 1. The lowest BCUT2D eigenvalue weighted by molar-refractivity contribution is -0.131. The van der Waals surface area contributed by atoms with Crippen molar-refractivity contribution < 1.29 is 9.53 Å². The van der Waals surface area contributed by atoms with Crippen LogP contribution in [-0.2, 0) is 16.0 Å². The number of rotatable bonds is 4. The van der Waals surface area contributed by atoms with Crippen molar-refractivity contribution >= 4 is 5.91 Å². The normalized spacial score (nSPS) is 21.3. The van der Waals surface area contributed by atoms with Gasteiger partial charge in [0.1, 0.15) is 0 Å². The third-order valence-corrected chi connectivity index (χ3v) is 6.12. The highest BCUT2D eigenvalue weighted by Gasteiger charge is 2.38. The van der Waals surface area contributed by atoms with Crippen molar-refractivity contribution in [2.24, 2.45) is 0 Å². The number of amides is 1. The zero-order chi connectivity index (χ0) is 17.7. The fourth-order valence-corrected chi connectivity index (χ4v) is 4.14. The molecule has 0 saturated carbocycles. The molecule has 2 aliphatic rings. The van der Waals surface area contributed by atoms with E-state index in [-0.39, 0.29) is 5.54 Å². The molecule has 138 valence electrons. The fourth-order valence-electron chi connectivity index (χ4n) is 4.14. The summed E-state index contributed by atoms with van der Waals surface area (Å²) in [7, 11) is 2.22. The predicted molar refractivity (Wildman–Crippen MR) is 101 cm³/mol. The number of carbonyl (C=O) groups is 1. The van der Waals surface area contributed by atoms with Crippen molar-refractivity contribution in [2.75, 3.05) is 39.9 Å². The molecule has 1 amide bonds. The highest BCUT2D eigenvalue weighted by atomic mass is 16.5. The topological polar surface area (TPSA) is 32.8 Å². The first-order valence-corrected chi connectivity index (χ1v) is 9.71. The molecule has 4 heteroatoms. The van der Waals surface area contributed by atoms with Gasteiger partial charge in [0.25, 0.3) is 0 Å². The molecule has 1 aromatic rings. The molecule has 0 unspecified atom stereocenters. The SMILES string of the molecule is Cc1ccc(CCCC(=O)N2CCN(C)C3(CCOCC3)CC2)cc1. The van der Waals surface area contributed by atoms with E-state index in [1.54, 1.807) is 0 Å². The first-order chi connectivity index (χ1) is 12.1.